The van der Waals surface area contributed by atoms with Crippen molar-refractivity contribution in [3.05, 3.63) is 134 Å². The van der Waals surface area contributed by atoms with Gasteiger partial charge < -0.3 is 119 Å². The number of piperazine rings is 1. The van der Waals surface area contributed by atoms with Crippen molar-refractivity contribution in [3.63, 3.8) is 0 Å². The molecule has 34 nitrogen and oxygen atoms in total. The van der Waals surface area contributed by atoms with Crippen LogP contribution in [0.4, 0.5) is 45.5 Å². The van der Waals surface area contributed by atoms with Crippen LogP contribution < -0.4 is 74.5 Å². The molecule has 0 radical (unpaired) electrons. The molecule has 10 heterocycles. The molecule has 4 aromatic carbocycles. The smallest absolute Gasteiger partial charge is 0.409 e. The summed E-state index contributed by atoms with van der Waals surface area (Å²) in [5.74, 6) is 12.1. The van der Waals surface area contributed by atoms with Gasteiger partial charge in [0.05, 0.1) is 49.8 Å². The molecule has 34 heteroatoms. The van der Waals surface area contributed by atoms with Gasteiger partial charge in [0.15, 0.2) is 23.3 Å². The highest BCUT2D eigenvalue weighted by molar-refractivity contribution is 5.71. The fourth-order valence-electron chi connectivity index (χ4n) is 21.4. The van der Waals surface area contributed by atoms with Crippen molar-refractivity contribution in [1.29, 1.82) is 0 Å². The van der Waals surface area contributed by atoms with Crippen molar-refractivity contribution in [2.75, 3.05) is 216 Å². The maximum atomic E-state index is 12.2. The van der Waals surface area contributed by atoms with Gasteiger partial charge in [-0.15, -0.1) is 0 Å². The molecule has 18 rings (SSSR count). The Hall–Kier alpha value is -10.9. The van der Waals surface area contributed by atoms with Gasteiger partial charge in [-0.2, -0.15) is 0 Å². The van der Waals surface area contributed by atoms with Crippen LogP contribution in [0.1, 0.15) is 174 Å². The molecule has 9 aliphatic rings. The Labute approximate surface area is 852 Å². The molecule has 4 saturated carbocycles. The van der Waals surface area contributed by atoms with E-state index in [-0.39, 0.29) is 44.2 Å². The van der Waals surface area contributed by atoms with Gasteiger partial charge in [0.1, 0.15) is 115 Å². The number of piperidine rings is 2. The molecule has 5 aliphatic heterocycles. The highest BCUT2D eigenvalue weighted by Crippen LogP contribution is 2.44. The van der Waals surface area contributed by atoms with Crippen molar-refractivity contribution >= 4 is 46.8 Å². The van der Waals surface area contributed by atoms with Crippen LogP contribution in [0.2, 0.25) is 0 Å². The number of carbonyl (C=O) groups is 1. The first kappa shape index (κ1) is 107. The number of imidazole rings is 1. The monoisotopic (exact) mass is 1980 g/mol. The van der Waals surface area contributed by atoms with Crippen LogP contribution in [-0.4, -0.2) is 323 Å². The number of amides is 1. The number of ether oxygens (including phenoxy) is 7. The maximum absolute atomic E-state index is 12.2. The summed E-state index contributed by atoms with van der Waals surface area (Å²) in [6.45, 7) is 13.3. The van der Waals surface area contributed by atoms with Crippen molar-refractivity contribution in [2.24, 2.45) is 12.5 Å². The van der Waals surface area contributed by atoms with Gasteiger partial charge in [0.25, 0.3) is 0 Å². The lowest BCUT2D eigenvalue weighted by molar-refractivity contribution is -0.158. The summed E-state index contributed by atoms with van der Waals surface area (Å²) in [6, 6.07) is 41.7. The summed E-state index contributed by atoms with van der Waals surface area (Å²) in [4.78, 5) is 74.7. The van der Waals surface area contributed by atoms with E-state index in [0.717, 1.165) is 165 Å². The molecule has 144 heavy (non-hydrogen) atoms. The van der Waals surface area contributed by atoms with Crippen LogP contribution in [0.5, 0.6) is 23.0 Å². The third kappa shape index (κ3) is 29.3. The third-order valence-corrected chi connectivity index (χ3v) is 30.4. The number of likely N-dealkylation sites (N-methyl/N-ethyl adjacent to an activating group) is 4. The van der Waals surface area contributed by atoms with Crippen molar-refractivity contribution in [1.82, 2.24) is 75.6 Å². The second-order valence-corrected chi connectivity index (χ2v) is 40.9. The number of aryl methyl sites for hydroxylation is 1. The standard InChI is InChI=1S/C29H43N5O3.C28H42N6O4.C28H41N5O3.C25H34N6O2/c1-30-19-24(35)20-37-25-10-6-7-22(17-25)28-31-26(33(2)23-8-4-3-5-9-23)18-27(32-28)34-14-11-29(12-15-34)13-16-36-21-29;1-20-18-33(13-14-34(20)28(36)37-4)26-16-25(32(3)22-10-6-5-7-11-22)30-27(31-26)21-9-8-12-24(15-21)38-19-23(35)17-29-2;1-29-19-23(34)20-35-24-10-6-7-21(17-24)27-30-25(32(2)22-8-4-3-5-9-22)18-26(31-27)33-14-11-28(12-15-33)13-16-36-28;1-26-14-20(32)16-33-21-11-7-8-18(12-21)25-28-22(23-15-27-17-30(23)2)13-24(29-25)31(3)19-9-5-4-6-10-19/h6-7,10,17-18,23-24,30,35H,3-5,8-9,11-16,19-21H2,1-2H3;8-9,12,15-16,20,22-23,29,35H,5-7,10-11,13-14,17-19H2,1-4H3;6-7,10,17-18,22-23,29,34H,3-5,8-9,11-16,19-20H2,1-2H3;7-8,11-13,15,17,19-20,26,32H,4-6,9-10,14,16H2,1-3H3/t;20-,23?;;/m.0../s1. The molecular weight excluding hydrogens is 1820 g/mol. The highest BCUT2D eigenvalue weighted by atomic mass is 16.5. The Morgan fingerprint density at radius 2 is 0.778 bits per heavy atom. The predicted molar refractivity (Wildman–Crippen MR) is 570 cm³/mol. The summed E-state index contributed by atoms with van der Waals surface area (Å²) < 4.78 is 42.0. The topological polar surface area (TPSA) is 358 Å². The summed E-state index contributed by atoms with van der Waals surface area (Å²) in [5.41, 5.74) is 5.83. The number of nitrogens with one attached hydrogen (secondary N) is 4. The maximum Gasteiger partial charge on any atom is 0.409 e. The highest BCUT2D eigenvalue weighted by Gasteiger charge is 2.43. The van der Waals surface area contributed by atoms with Crippen LogP contribution in [0, 0.1) is 5.41 Å². The summed E-state index contributed by atoms with van der Waals surface area (Å²) in [7, 11) is 19.3. The minimum absolute atomic E-state index is 0.00472. The van der Waals surface area contributed by atoms with Gasteiger partial charge in [0, 0.05) is 191 Å². The number of carbonyl (C=O) groups excluding carboxylic acids is 1. The second-order valence-electron chi connectivity index (χ2n) is 40.9. The molecule has 4 aliphatic carbocycles. The van der Waals surface area contributed by atoms with Crippen molar-refractivity contribution < 1.29 is 58.4 Å². The van der Waals surface area contributed by atoms with E-state index in [2.05, 4.69) is 113 Å². The minimum atomic E-state index is -0.593. The number of anilines is 7. The predicted octanol–water partition coefficient (Wildman–Crippen LogP) is 13.9. The molecule has 782 valence electrons. The molecular formula is C110H160N22O12. The van der Waals surface area contributed by atoms with E-state index < -0.39 is 24.4 Å². The fraction of sp³-hybridized carbons (Fsp3) is 0.600. The van der Waals surface area contributed by atoms with Gasteiger partial charge in [-0.3, -0.25) is 0 Å². The Morgan fingerprint density at radius 1 is 0.431 bits per heavy atom. The van der Waals surface area contributed by atoms with E-state index in [9.17, 15) is 25.2 Å². The molecule has 2 spiro atoms. The molecule has 9 aromatic rings. The molecule has 5 aromatic heterocycles. The van der Waals surface area contributed by atoms with E-state index >= 15 is 0 Å². The zero-order valence-corrected chi connectivity index (χ0v) is 87.1. The minimum Gasteiger partial charge on any atom is -0.491 e. The lowest BCUT2D eigenvalue weighted by Gasteiger charge is -2.48. The molecule has 5 saturated heterocycles. The summed E-state index contributed by atoms with van der Waals surface area (Å²) >= 11 is 0. The van der Waals surface area contributed by atoms with Gasteiger partial charge in [0.2, 0.25) is 0 Å². The Morgan fingerprint density at radius 3 is 1.09 bits per heavy atom. The number of rotatable bonds is 36. The second kappa shape index (κ2) is 52.9. The van der Waals surface area contributed by atoms with E-state index in [1.165, 1.54) is 136 Å². The van der Waals surface area contributed by atoms with E-state index in [1.807, 2.05) is 136 Å². The molecule has 1 amide bonds. The van der Waals surface area contributed by atoms with Gasteiger partial charge in [-0.1, -0.05) is 126 Å². The van der Waals surface area contributed by atoms with E-state index in [0.29, 0.717) is 116 Å². The number of hydrogen-bond acceptors (Lipinski definition) is 32. The molecule has 9 fully saturated rings. The normalized spacial score (nSPS) is 19.1. The van der Waals surface area contributed by atoms with Crippen LogP contribution >= 0.6 is 0 Å². The number of nitrogens with zero attached hydrogens (tertiary/aromatic N) is 18. The first-order chi connectivity index (χ1) is 70.0. The third-order valence-electron chi connectivity index (χ3n) is 30.4. The number of benzene rings is 4. The van der Waals surface area contributed by atoms with E-state index in [1.54, 1.807) is 25.3 Å². The number of methoxy groups -OCH3 is 1. The van der Waals surface area contributed by atoms with Crippen LogP contribution in [-0.2, 0) is 21.3 Å². The molecule has 8 N–H and O–H groups in total. The first-order valence-corrected chi connectivity index (χ1v) is 53.0. The van der Waals surface area contributed by atoms with Crippen molar-refractivity contribution in [2.45, 2.75) is 234 Å². The molecule has 0 bridgehead atoms. The van der Waals surface area contributed by atoms with Gasteiger partial charge >= 0.3 is 6.09 Å². The molecule has 5 atom stereocenters. The number of aliphatic hydroxyl groups is 4. The first-order valence-electron chi connectivity index (χ1n) is 53.0. The quantitative estimate of drug-likeness (QED) is 0.0181. The van der Waals surface area contributed by atoms with E-state index in [4.69, 9.17) is 73.0 Å². The Kier molecular flexibility index (Phi) is 39.4. The van der Waals surface area contributed by atoms with Crippen LogP contribution in [0.3, 0.4) is 0 Å². The summed E-state index contributed by atoms with van der Waals surface area (Å²) in [6.07, 6.45) is 32.8. The van der Waals surface area contributed by atoms with Gasteiger partial charge in [-0.25, -0.2) is 49.7 Å². The summed E-state index contributed by atoms with van der Waals surface area (Å²) in [5, 5.41) is 51.9. The Bertz CT molecular complexity index is 5440. The zero-order chi connectivity index (χ0) is 101. The Balaban J connectivity index is 0.000000145. The SMILES string of the molecule is CNCC(O)COc1cccc(-c2nc(-c3cncn3C)cc(N(C)C3CCCCC3)n2)c1.CNCC(O)COc1cccc(-c2nc(N3CCC4(CCO4)CC3)cc(N(C)C3CCCCC3)n2)c1.CNCC(O)COc1cccc(-c2nc(N3CCC4(CCOC4)CC3)cc(N(C)C3CCCCC3)n2)c1.CNCC(O)COc1cccc(-c2nc(N3CCN(C(=O)OC)[C@@H](C)C3)cc(N(C)C3CCCCC3)n2)c1. The fourth-order valence-corrected chi connectivity index (χ4v) is 21.4. The average Bonchev–Trinajstić information content (AvgIpc) is 0.924. The largest absolute Gasteiger partial charge is 0.491 e. The lowest BCUT2D eigenvalue weighted by Crippen LogP contribution is -2.54. The zero-order valence-electron chi connectivity index (χ0n) is 87.1. The lowest BCUT2D eigenvalue weighted by atomic mass is 9.78. The average molecular weight is 1980 g/mol. The number of aliphatic hydroxyl groups excluding tert-OH is 4. The molecule has 4 unspecified atom stereocenters. The van der Waals surface area contributed by atoms with Gasteiger partial charge in [-0.05, 0) is 179 Å². The van der Waals surface area contributed by atoms with Crippen molar-refractivity contribution in [3.8, 4) is 79.9 Å². The van der Waals surface area contributed by atoms with Crippen LogP contribution in [0.25, 0.3) is 56.9 Å². The number of hydrogen-bond donors (Lipinski definition) is 8. The number of aromatic nitrogens is 10. The van der Waals surface area contributed by atoms with Crippen LogP contribution in [0.15, 0.2) is 134 Å².